The Morgan fingerprint density at radius 3 is 2.69 bits per heavy atom. The van der Waals surface area contributed by atoms with Gasteiger partial charge in [-0.2, -0.15) is 0 Å². The van der Waals surface area contributed by atoms with Gasteiger partial charge in [-0.25, -0.2) is 9.37 Å². The third kappa shape index (κ3) is 4.57. The van der Waals surface area contributed by atoms with Crippen LogP contribution in [0.1, 0.15) is 36.6 Å². The first-order chi connectivity index (χ1) is 13.7. The highest BCUT2D eigenvalue weighted by Gasteiger charge is 2.21. The first-order valence-electron chi connectivity index (χ1n) is 9.50. The Morgan fingerprint density at radius 2 is 2.10 bits per heavy atom. The molecule has 3 rings (SSSR count). The van der Waals surface area contributed by atoms with Crippen LogP contribution in [0, 0.1) is 0 Å². The molecule has 0 amide bonds. The van der Waals surface area contributed by atoms with E-state index in [1.807, 2.05) is 22.8 Å². The van der Waals surface area contributed by atoms with E-state index in [2.05, 4.69) is 29.7 Å². The van der Waals surface area contributed by atoms with Gasteiger partial charge < -0.3 is 10.3 Å². The fourth-order valence-electron chi connectivity index (χ4n) is 3.58. The van der Waals surface area contributed by atoms with Crippen LogP contribution in [-0.4, -0.2) is 37.4 Å². The van der Waals surface area contributed by atoms with Gasteiger partial charge in [-0.05, 0) is 41.6 Å². The lowest BCUT2D eigenvalue weighted by Gasteiger charge is -2.15. The van der Waals surface area contributed by atoms with E-state index in [9.17, 15) is 8.60 Å². The number of fused-ring (bicyclic) bond motifs is 1. The van der Waals surface area contributed by atoms with Crippen LogP contribution >= 0.6 is 0 Å². The van der Waals surface area contributed by atoms with Gasteiger partial charge in [0.25, 0.3) is 0 Å². The van der Waals surface area contributed by atoms with Gasteiger partial charge in [0.2, 0.25) is 0 Å². The van der Waals surface area contributed by atoms with Crippen LogP contribution in [0.3, 0.4) is 0 Å². The molecule has 1 unspecified atom stereocenters. The minimum Gasteiger partial charge on any atom is -0.336 e. The van der Waals surface area contributed by atoms with Crippen molar-refractivity contribution in [2.75, 3.05) is 12.8 Å². The summed E-state index contributed by atoms with van der Waals surface area (Å²) in [6.07, 6.45) is 7.06. The zero-order valence-corrected chi connectivity index (χ0v) is 17.9. The molecule has 0 fully saturated rings. The standard InChI is InChI=1S/C22H27FN4OS/c1-15(2)22-18(12-16-7-8-20(26-13-16)29(3,4)28)21-19(6-5-11-25-21)27(22)14-17(23)9-10-24/h5-9,11,13,15H,3,10,12,14,24H2,1-2,4H3/b17-9-. The molecule has 0 aliphatic carbocycles. The number of hydrogen-bond donors (Lipinski definition) is 1. The van der Waals surface area contributed by atoms with Gasteiger partial charge in [-0.1, -0.05) is 19.9 Å². The van der Waals surface area contributed by atoms with E-state index in [0.717, 1.165) is 27.9 Å². The molecule has 5 nitrogen and oxygen atoms in total. The molecule has 3 aromatic heterocycles. The molecular formula is C22H27FN4OS. The van der Waals surface area contributed by atoms with Crippen molar-refractivity contribution in [2.45, 2.75) is 37.8 Å². The van der Waals surface area contributed by atoms with Crippen LogP contribution in [0.2, 0.25) is 0 Å². The minimum atomic E-state index is -2.35. The van der Waals surface area contributed by atoms with E-state index in [-0.39, 0.29) is 24.8 Å². The lowest BCUT2D eigenvalue weighted by molar-refractivity contribution is 0.544. The summed E-state index contributed by atoms with van der Waals surface area (Å²) < 4.78 is 28.4. The normalized spacial score (nSPS) is 14.5. The Hall–Kier alpha value is -2.51. The van der Waals surface area contributed by atoms with E-state index in [1.54, 1.807) is 24.7 Å². The van der Waals surface area contributed by atoms with Crippen molar-refractivity contribution >= 4 is 26.4 Å². The average molecular weight is 415 g/mol. The molecule has 2 N–H and O–H groups in total. The summed E-state index contributed by atoms with van der Waals surface area (Å²) >= 11 is 0. The van der Waals surface area contributed by atoms with Crippen molar-refractivity contribution in [2.24, 2.45) is 5.73 Å². The van der Waals surface area contributed by atoms with Gasteiger partial charge in [-0.15, -0.1) is 0 Å². The van der Waals surface area contributed by atoms with Crippen LogP contribution in [0.4, 0.5) is 4.39 Å². The first-order valence-corrected chi connectivity index (χ1v) is 11.6. The summed E-state index contributed by atoms with van der Waals surface area (Å²) in [5.41, 5.74) is 10.3. The number of rotatable bonds is 7. The third-order valence-corrected chi connectivity index (χ3v) is 5.91. The van der Waals surface area contributed by atoms with Crippen molar-refractivity contribution in [3.05, 3.63) is 65.4 Å². The molecule has 0 saturated carbocycles. The van der Waals surface area contributed by atoms with Gasteiger partial charge in [0, 0.05) is 52.4 Å². The molecule has 0 saturated heterocycles. The SMILES string of the molecule is C=S(C)(=O)c1ccc(Cc2c(C(C)C)n(C/C(F)=C/CN)c3cccnc23)cn1. The first kappa shape index (κ1) is 21.2. The summed E-state index contributed by atoms with van der Waals surface area (Å²) in [5, 5.41) is 0.486. The monoisotopic (exact) mass is 414 g/mol. The predicted molar refractivity (Wildman–Crippen MR) is 119 cm³/mol. The minimum absolute atomic E-state index is 0.128. The van der Waals surface area contributed by atoms with Gasteiger partial charge in [0.1, 0.15) is 10.9 Å². The molecule has 0 bridgehead atoms. The maximum Gasteiger partial charge on any atom is 0.118 e. The molecule has 0 aliphatic heterocycles. The molecule has 0 aliphatic rings. The number of halogens is 1. The van der Waals surface area contributed by atoms with Crippen LogP contribution in [-0.2, 0) is 22.5 Å². The molecule has 3 aromatic rings. The average Bonchev–Trinajstić information content (AvgIpc) is 2.95. The van der Waals surface area contributed by atoms with E-state index in [1.165, 1.54) is 6.08 Å². The van der Waals surface area contributed by atoms with E-state index in [4.69, 9.17) is 5.73 Å². The van der Waals surface area contributed by atoms with E-state index < -0.39 is 9.52 Å². The van der Waals surface area contributed by atoms with Gasteiger partial charge in [0.15, 0.2) is 0 Å². The molecular weight excluding hydrogens is 387 g/mol. The summed E-state index contributed by atoms with van der Waals surface area (Å²) in [6, 6.07) is 7.50. The summed E-state index contributed by atoms with van der Waals surface area (Å²) in [7, 11) is -2.35. The third-order valence-electron chi connectivity index (χ3n) is 4.78. The Balaban J connectivity index is 2.12. The molecule has 0 radical (unpaired) electrons. The van der Waals surface area contributed by atoms with Crippen molar-refractivity contribution in [1.82, 2.24) is 14.5 Å². The maximum absolute atomic E-state index is 14.3. The molecule has 0 spiro atoms. The fourth-order valence-corrected chi connectivity index (χ4v) is 4.22. The Bertz CT molecular complexity index is 1150. The Morgan fingerprint density at radius 1 is 1.34 bits per heavy atom. The molecule has 7 heteroatoms. The molecule has 0 aromatic carbocycles. The van der Waals surface area contributed by atoms with Crippen LogP contribution in [0.25, 0.3) is 11.0 Å². The zero-order chi connectivity index (χ0) is 21.2. The Kier molecular flexibility index (Phi) is 6.19. The van der Waals surface area contributed by atoms with E-state index in [0.29, 0.717) is 11.4 Å². The lowest BCUT2D eigenvalue weighted by atomic mass is 9.99. The second-order valence-corrected chi connectivity index (χ2v) is 9.98. The highest BCUT2D eigenvalue weighted by Crippen LogP contribution is 2.32. The number of pyridine rings is 2. The van der Waals surface area contributed by atoms with Crippen molar-refractivity contribution < 1.29 is 8.60 Å². The van der Waals surface area contributed by atoms with Crippen LogP contribution < -0.4 is 5.73 Å². The number of nitrogens with zero attached hydrogens (tertiary/aromatic N) is 3. The van der Waals surface area contributed by atoms with Crippen LogP contribution in [0.5, 0.6) is 0 Å². The fraction of sp³-hybridized carbons (Fsp3) is 0.318. The van der Waals surface area contributed by atoms with E-state index >= 15 is 0 Å². The highest BCUT2D eigenvalue weighted by atomic mass is 32.2. The predicted octanol–water partition coefficient (Wildman–Crippen LogP) is 3.66. The summed E-state index contributed by atoms with van der Waals surface area (Å²) in [4.78, 5) is 8.92. The second-order valence-electron chi connectivity index (χ2n) is 7.55. The lowest BCUT2D eigenvalue weighted by Crippen LogP contribution is -2.08. The molecule has 1 atom stereocenters. The van der Waals surface area contributed by atoms with Gasteiger partial charge in [0.05, 0.1) is 17.6 Å². The molecule has 154 valence electrons. The second kappa shape index (κ2) is 8.47. The summed E-state index contributed by atoms with van der Waals surface area (Å²) in [5.74, 6) is 3.59. The number of allylic oxidation sites excluding steroid dienone is 1. The smallest absolute Gasteiger partial charge is 0.118 e. The van der Waals surface area contributed by atoms with Crippen molar-refractivity contribution in [1.29, 1.82) is 0 Å². The quantitative estimate of drug-likeness (QED) is 0.599. The number of aromatic nitrogens is 3. The molecule has 29 heavy (non-hydrogen) atoms. The van der Waals surface area contributed by atoms with Crippen molar-refractivity contribution in [3.8, 4) is 0 Å². The van der Waals surface area contributed by atoms with Gasteiger partial charge >= 0.3 is 0 Å². The number of hydrogen-bond acceptors (Lipinski definition) is 4. The largest absolute Gasteiger partial charge is 0.336 e. The van der Waals surface area contributed by atoms with Crippen molar-refractivity contribution in [3.63, 3.8) is 0 Å². The highest BCUT2D eigenvalue weighted by molar-refractivity contribution is 7.99. The number of nitrogens with two attached hydrogens (primary N) is 1. The molecule has 3 heterocycles. The Labute approximate surface area is 171 Å². The van der Waals surface area contributed by atoms with Crippen LogP contribution in [0.15, 0.2) is 53.6 Å². The maximum atomic E-state index is 14.3. The zero-order valence-electron chi connectivity index (χ0n) is 17.1. The van der Waals surface area contributed by atoms with Gasteiger partial charge in [-0.3, -0.25) is 9.19 Å². The topological polar surface area (TPSA) is 73.8 Å². The summed E-state index contributed by atoms with van der Waals surface area (Å²) in [6.45, 7) is 4.48.